The van der Waals surface area contributed by atoms with Gasteiger partial charge in [-0.3, -0.25) is 5.10 Å². The second kappa shape index (κ2) is 7.36. The van der Waals surface area contributed by atoms with Crippen LogP contribution in [0.15, 0.2) is 30.5 Å². The van der Waals surface area contributed by atoms with Crippen molar-refractivity contribution >= 4 is 17.5 Å². The van der Waals surface area contributed by atoms with Crippen LogP contribution in [-0.4, -0.2) is 43.1 Å². The number of rotatable bonds is 3. The van der Waals surface area contributed by atoms with Crippen LogP contribution >= 0.6 is 11.6 Å². The first-order valence-corrected chi connectivity index (χ1v) is 11.8. The fourth-order valence-corrected chi connectivity index (χ4v) is 6.58. The zero-order valence-corrected chi connectivity index (χ0v) is 19.1. The summed E-state index contributed by atoms with van der Waals surface area (Å²) in [5.74, 6) is 0.364. The summed E-state index contributed by atoms with van der Waals surface area (Å²) < 4.78 is 40.6. The van der Waals surface area contributed by atoms with Crippen molar-refractivity contribution in [1.82, 2.24) is 20.2 Å². The molecule has 1 aromatic carbocycles. The third-order valence-corrected chi connectivity index (χ3v) is 8.21. The first kappa shape index (κ1) is 21.7. The first-order valence-electron chi connectivity index (χ1n) is 11.4. The molecule has 2 saturated heterocycles. The van der Waals surface area contributed by atoms with Crippen molar-refractivity contribution in [3.05, 3.63) is 63.7 Å². The van der Waals surface area contributed by atoms with Gasteiger partial charge in [-0.25, -0.2) is 19.2 Å². The van der Waals surface area contributed by atoms with E-state index in [1.54, 1.807) is 6.20 Å². The molecule has 34 heavy (non-hydrogen) atoms. The highest BCUT2D eigenvalue weighted by Crippen LogP contribution is 2.60. The molecule has 2 aromatic heterocycles. The van der Waals surface area contributed by atoms with E-state index in [0.29, 0.717) is 18.8 Å². The number of nitrogens with one attached hydrogen (secondary N) is 1. The number of benzene rings is 1. The zero-order chi connectivity index (χ0) is 23.8. The minimum absolute atomic E-state index is 0.0283. The highest BCUT2D eigenvalue weighted by molar-refractivity contribution is 6.34. The van der Waals surface area contributed by atoms with Gasteiger partial charge < -0.3 is 0 Å². The van der Waals surface area contributed by atoms with Crippen molar-refractivity contribution in [2.45, 2.75) is 56.8 Å². The number of piperidine rings is 1. The van der Waals surface area contributed by atoms with Crippen LogP contribution in [0.2, 0.25) is 5.02 Å². The Balaban J connectivity index is 1.51. The summed E-state index contributed by atoms with van der Waals surface area (Å²) in [6.07, 6.45) is 0.146. The summed E-state index contributed by atoms with van der Waals surface area (Å²) in [6, 6.07) is 5.31. The number of halogens is 4. The molecule has 0 spiro atoms. The topological polar surface area (TPSA) is 71.5 Å². The van der Waals surface area contributed by atoms with Crippen LogP contribution in [0.25, 0.3) is 11.4 Å². The summed E-state index contributed by atoms with van der Waals surface area (Å²) in [4.78, 5) is 23.7. The van der Waals surface area contributed by atoms with E-state index in [4.69, 9.17) is 21.6 Å². The number of hydrogen-bond donors (Lipinski definition) is 1. The number of alkyl halides is 3. The van der Waals surface area contributed by atoms with E-state index in [0.717, 1.165) is 48.0 Å². The molecule has 2 bridgehead atoms. The van der Waals surface area contributed by atoms with Gasteiger partial charge >= 0.3 is 12.1 Å². The molecule has 0 radical (unpaired) electrons. The fourth-order valence-electron chi connectivity index (χ4n) is 6.26. The summed E-state index contributed by atoms with van der Waals surface area (Å²) in [6.45, 7) is 2.49. The number of quaternary nitrogens is 1. The molecule has 0 saturated carbocycles. The Hall–Kier alpha value is -2.78. The number of aromatic nitrogens is 4. The Labute approximate surface area is 198 Å². The smallest absolute Gasteiger partial charge is 0.276 e. The molecule has 0 aliphatic carbocycles. The molecule has 5 heterocycles. The number of carbonyl (C=O) groups excluding carboxylic acids is 1. The third-order valence-electron chi connectivity index (χ3n) is 7.80. The molecule has 6 nitrogen and oxygen atoms in total. The first-order chi connectivity index (χ1) is 16.3. The van der Waals surface area contributed by atoms with E-state index in [-0.39, 0.29) is 34.0 Å². The van der Waals surface area contributed by atoms with E-state index in [2.05, 4.69) is 10.2 Å². The summed E-state index contributed by atoms with van der Waals surface area (Å²) in [5, 5.41) is 6.57. The summed E-state index contributed by atoms with van der Waals surface area (Å²) in [5.41, 5.74) is 2.48. The van der Waals surface area contributed by atoms with Crippen LogP contribution in [0.1, 0.15) is 71.1 Å². The maximum absolute atomic E-state index is 14.0. The SMILES string of the molecule is CCc1nc(-c2ccn[nH]2)c2c(n1)C1CC3CCC2C[N+]31C(=O)c1cccc(C(F)(F)F)c1Cl. The average Bonchev–Trinajstić information content (AvgIpc) is 3.32. The fraction of sp³-hybridized carbons (Fsp3) is 0.417. The van der Waals surface area contributed by atoms with Gasteiger partial charge in [-0.05, 0) is 24.6 Å². The molecular weight excluding hydrogens is 467 g/mol. The monoisotopic (exact) mass is 488 g/mol. The van der Waals surface area contributed by atoms with Crippen LogP contribution < -0.4 is 0 Å². The molecule has 1 N–H and O–H groups in total. The van der Waals surface area contributed by atoms with Gasteiger partial charge in [0.05, 0.1) is 40.5 Å². The van der Waals surface area contributed by atoms with Crippen molar-refractivity contribution in [3.8, 4) is 11.4 Å². The third kappa shape index (κ3) is 2.86. The minimum atomic E-state index is -4.63. The molecule has 6 rings (SSSR count). The van der Waals surface area contributed by atoms with Crippen molar-refractivity contribution in [2.75, 3.05) is 6.54 Å². The van der Waals surface area contributed by atoms with Crippen LogP contribution in [-0.2, 0) is 12.6 Å². The molecule has 1 amide bonds. The van der Waals surface area contributed by atoms with Crippen LogP contribution in [0.5, 0.6) is 0 Å². The van der Waals surface area contributed by atoms with Crippen LogP contribution in [0.4, 0.5) is 13.2 Å². The van der Waals surface area contributed by atoms with E-state index in [1.807, 2.05) is 13.0 Å². The van der Waals surface area contributed by atoms with Gasteiger partial charge in [0, 0.05) is 30.5 Å². The minimum Gasteiger partial charge on any atom is -0.276 e. The standard InChI is InChI=1S/C24H22ClF3N5O/c1-2-18-30-21(16-8-9-29-32-16)19-12-6-7-13-10-17(22(19)31-18)33(13,11-12)23(34)14-4-3-5-15(20(14)25)24(26,27)28/h3-5,8-9,12-13,17H,2,6-7,10-11H2,1H3,(H,29,32)/q+1. The number of H-pyrrole nitrogens is 1. The second-order valence-corrected chi connectivity index (χ2v) is 9.75. The Morgan fingerprint density at radius 2 is 2.06 bits per heavy atom. The van der Waals surface area contributed by atoms with Gasteiger partial charge in [0.2, 0.25) is 0 Å². The predicted molar refractivity (Wildman–Crippen MR) is 118 cm³/mol. The maximum atomic E-state index is 14.0. The van der Waals surface area contributed by atoms with Crippen molar-refractivity contribution in [2.24, 2.45) is 0 Å². The number of amides is 1. The number of aromatic amines is 1. The summed E-state index contributed by atoms with van der Waals surface area (Å²) in [7, 11) is 0. The average molecular weight is 489 g/mol. The van der Waals surface area contributed by atoms with Gasteiger partial charge in [-0.15, -0.1) is 0 Å². The molecule has 3 aromatic rings. The number of hydrogen-bond acceptors (Lipinski definition) is 4. The van der Waals surface area contributed by atoms with E-state index >= 15 is 0 Å². The highest BCUT2D eigenvalue weighted by Gasteiger charge is 2.67. The van der Waals surface area contributed by atoms with Gasteiger partial charge in [0.25, 0.3) is 0 Å². The molecule has 4 unspecified atom stereocenters. The zero-order valence-electron chi connectivity index (χ0n) is 18.4. The summed E-state index contributed by atoms with van der Waals surface area (Å²) >= 11 is 6.20. The molecule has 2 fully saturated rings. The quantitative estimate of drug-likeness (QED) is 0.497. The van der Waals surface area contributed by atoms with Crippen molar-refractivity contribution in [1.29, 1.82) is 0 Å². The van der Waals surface area contributed by atoms with Gasteiger partial charge in [0.15, 0.2) is 0 Å². The lowest BCUT2D eigenvalue weighted by Crippen LogP contribution is -2.74. The Bertz CT molecular complexity index is 1310. The predicted octanol–water partition coefficient (Wildman–Crippen LogP) is 5.46. The number of aryl methyl sites for hydroxylation is 1. The largest absolute Gasteiger partial charge is 0.417 e. The molecule has 10 heteroatoms. The van der Waals surface area contributed by atoms with Crippen LogP contribution in [0.3, 0.4) is 0 Å². The highest BCUT2D eigenvalue weighted by atomic mass is 35.5. The number of fused-ring (bicyclic) bond motifs is 4. The van der Waals surface area contributed by atoms with E-state index < -0.39 is 16.8 Å². The molecule has 3 aliphatic heterocycles. The lowest BCUT2D eigenvalue weighted by atomic mass is 9.67. The Morgan fingerprint density at radius 3 is 2.76 bits per heavy atom. The molecular formula is C24H22ClF3N5O+. The van der Waals surface area contributed by atoms with Crippen molar-refractivity contribution in [3.63, 3.8) is 0 Å². The van der Waals surface area contributed by atoms with E-state index in [1.165, 1.54) is 12.1 Å². The Kier molecular flexibility index (Phi) is 4.70. The normalized spacial score (nSPS) is 27.1. The number of carbonyl (C=O) groups is 1. The number of nitrogens with zero attached hydrogens (tertiary/aromatic N) is 4. The van der Waals surface area contributed by atoms with Gasteiger partial charge in [-0.1, -0.05) is 24.6 Å². The molecule has 3 aliphatic rings. The van der Waals surface area contributed by atoms with Crippen molar-refractivity contribution < 1.29 is 22.4 Å². The Morgan fingerprint density at radius 1 is 1.24 bits per heavy atom. The van der Waals surface area contributed by atoms with E-state index in [9.17, 15) is 18.0 Å². The maximum Gasteiger partial charge on any atom is 0.417 e. The lowest BCUT2D eigenvalue weighted by molar-refractivity contribution is -0.959. The lowest BCUT2D eigenvalue weighted by Gasteiger charge is -2.62. The molecule has 4 atom stereocenters. The van der Waals surface area contributed by atoms with Gasteiger partial charge in [-0.2, -0.15) is 18.3 Å². The molecule has 176 valence electrons. The van der Waals surface area contributed by atoms with Gasteiger partial charge in [0.1, 0.15) is 23.6 Å². The van der Waals surface area contributed by atoms with Crippen LogP contribution in [0, 0.1) is 0 Å². The second-order valence-electron chi connectivity index (χ2n) is 9.37.